The van der Waals surface area contributed by atoms with Gasteiger partial charge in [0.1, 0.15) is 0 Å². The average molecular weight is 208 g/mol. The van der Waals surface area contributed by atoms with Crippen molar-refractivity contribution in [2.75, 3.05) is 0 Å². The third kappa shape index (κ3) is 1.73. The monoisotopic (exact) mass is 208 g/mol. The highest BCUT2D eigenvalue weighted by Gasteiger charge is 2.47. The fourth-order valence-electron chi connectivity index (χ4n) is 4.13. The molecule has 3 rings (SSSR count). The Balaban J connectivity index is 1.61. The fraction of sp³-hybridized carbons (Fsp3) is 1.00. The molecule has 4 atom stereocenters. The van der Waals surface area contributed by atoms with E-state index in [0.29, 0.717) is 12.2 Å². The van der Waals surface area contributed by atoms with Crippen molar-refractivity contribution in [1.29, 1.82) is 0 Å². The van der Waals surface area contributed by atoms with Gasteiger partial charge in [-0.1, -0.05) is 26.7 Å². The standard InChI is InChI=1S/C14H24O/c1-9-3-5-11(6-4-9)12-8-13-10(2)7-14(12)15-13/h9-14H,3-8H2,1-2H3. The van der Waals surface area contributed by atoms with Crippen LogP contribution in [-0.2, 0) is 4.74 Å². The molecule has 2 bridgehead atoms. The van der Waals surface area contributed by atoms with E-state index in [1.807, 2.05) is 0 Å². The van der Waals surface area contributed by atoms with Gasteiger partial charge in [-0.15, -0.1) is 0 Å². The molecule has 86 valence electrons. The first-order valence-electron chi connectivity index (χ1n) is 6.89. The molecule has 0 aromatic rings. The van der Waals surface area contributed by atoms with Crippen LogP contribution in [0.1, 0.15) is 52.4 Å². The first kappa shape index (κ1) is 10.1. The maximum absolute atomic E-state index is 6.08. The summed E-state index contributed by atoms with van der Waals surface area (Å²) in [4.78, 5) is 0. The Labute approximate surface area is 93.6 Å². The van der Waals surface area contributed by atoms with Gasteiger partial charge in [-0.05, 0) is 49.4 Å². The van der Waals surface area contributed by atoms with Gasteiger partial charge in [0.2, 0.25) is 0 Å². The van der Waals surface area contributed by atoms with Crippen LogP contribution in [0.4, 0.5) is 0 Å². The molecular formula is C14H24O. The van der Waals surface area contributed by atoms with Crippen LogP contribution < -0.4 is 0 Å². The number of ether oxygens (including phenoxy) is 1. The normalized spacial score (nSPS) is 54.8. The molecule has 2 aliphatic heterocycles. The lowest BCUT2D eigenvalue weighted by atomic mass is 9.70. The third-order valence-corrected chi connectivity index (χ3v) is 5.24. The van der Waals surface area contributed by atoms with Gasteiger partial charge in [0.15, 0.2) is 0 Å². The Hall–Kier alpha value is -0.0400. The zero-order chi connectivity index (χ0) is 10.4. The fourth-order valence-corrected chi connectivity index (χ4v) is 4.13. The second-order valence-corrected chi connectivity index (χ2v) is 6.35. The third-order valence-electron chi connectivity index (χ3n) is 5.24. The molecule has 4 unspecified atom stereocenters. The molecule has 1 nitrogen and oxygen atoms in total. The summed E-state index contributed by atoms with van der Waals surface area (Å²) >= 11 is 0. The molecule has 0 amide bonds. The van der Waals surface area contributed by atoms with E-state index in [2.05, 4.69) is 13.8 Å². The van der Waals surface area contributed by atoms with E-state index in [1.54, 1.807) is 0 Å². The zero-order valence-corrected chi connectivity index (χ0v) is 10.1. The van der Waals surface area contributed by atoms with Gasteiger partial charge in [0.25, 0.3) is 0 Å². The van der Waals surface area contributed by atoms with E-state index in [9.17, 15) is 0 Å². The van der Waals surface area contributed by atoms with Crippen LogP contribution in [0.5, 0.6) is 0 Å². The first-order chi connectivity index (χ1) is 7.24. The van der Waals surface area contributed by atoms with Crippen molar-refractivity contribution in [2.45, 2.75) is 64.6 Å². The maximum atomic E-state index is 6.08. The molecular weight excluding hydrogens is 184 g/mol. The number of fused-ring (bicyclic) bond motifs is 2. The summed E-state index contributed by atoms with van der Waals surface area (Å²) in [5.74, 6) is 3.76. The van der Waals surface area contributed by atoms with Crippen molar-refractivity contribution in [3.05, 3.63) is 0 Å². The highest BCUT2D eigenvalue weighted by Crippen LogP contribution is 2.49. The largest absolute Gasteiger partial charge is 0.374 e. The molecule has 15 heavy (non-hydrogen) atoms. The minimum atomic E-state index is 0.624. The summed E-state index contributed by atoms with van der Waals surface area (Å²) in [5, 5.41) is 0. The molecule has 1 saturated carbocycles. The van der Waals surface area contributed by atoms with Gasteiger partial charge in [-0.25, -0.2) is 0 Å². The molecule has 0 radical (unpaired) electrons. The van der Waals surface area contributed by atoms with Gasteiger partial charge in [0.05, 0.1) is 12.2 Å². The lowest BCUT2D eigenvalue weighted by molar-refractivity contribution is 0.0703. The Morgan fingerprint density at radius 3 is 2.13 bits per heavy atom. The zero-order valence-electron chi connectivity index (χ0n) is 10.1. The predicted molar refractivity (Wildman–Crippen MR) is 61.7 cm³/mol. The Morgan fingerprint density at radius 2 is 1.60 bits per heavy atom. The summed E-state index contributed by atoms with van der Waals surface area (Å²) in [6.07, 6.45) is 9.89. The van der Waals surface area contributed by atoms with Crippen molar-refractivity contribution in [3.63, 3.8) is 0 Å². The van der Waals surface area contributed by atoms with Crippen molar-refractivity contribution in [3.8, 4) is 0 Å². The lowest BCUT2D eigenvalue weighted by Crippen LogP contribution is -2.30. The van der Waals surface area contributed by atoms with Gasteiger partial charge in [0, 0.05) is 0 Å². The summed E-state index contributed by atoms with van der Waals surface area (Å²) in [7, 11) is 0. The van der Waals surface area contributed by atoms with E-state index in [1.165, 1.54) is 38.5 Å². The topological polar surface area (TPSA) is 9.23 Å². The smallest absolute Gasteiger partial charge is 0.0614 e. The minimum absolute atomic E-state index is 0.624. The second kappa shape index (κ2) is 3.76. The summed E-state index contributed by atoms with van der Waals surface area (Å²) < 4.78 is 6.08. The van der Waals surface area contributed by atoms with E-state index in [-0.39, 0.29) is 0 Å². The van der Waals surface area contributed by atoms with Crippen LogP contribution in [0, 0.1) is 23.7 Å². The Morgan fingerprint density at radius 1 is 0.867 bits per heavy atom. The van der Waals surface area contributed by atoms with E-state index < -0.39 is 0 Å². The lowest BCUT2D eigenvalue weighted by Gasteiger charge is -2.34. The quantitative estimate of drug-likeness (QED) is 0.639. The first-order valence-corrected chi connectivity index (χ1v) is 6.89. The molecule has 0 aromatic carbocycles. The molecule has 1 aliphatic carbocycles. The molecule has 2 saturated heterocycles. The SMILES string of the molecule is CC1CCC(C2CC3OC2CC3C)CC1. The van der Waals surface area contributed by atoms with E-state index in [4.69, 9.17) is 4.74 Å². The molecule has 2 heterocycles. The molecule has 0 aromatic heterocycles. The number of hydrogen-bond acceptors (Lipinski definition) is 1. The average Bonchev–Trinajstić information content (AvgIpc) is 2.77. The van der Waals surface area contributed by atoms with Crippen molar-refractivity contribution < 1.29 is 4.74 Å². The van der Waals surface area contributed by atoms with Crippen LogP contribution in [-0.4, -0.2) is 12.2 Å². The van der Waals surface area contributed by atoms with Crippen molar-refractivity contribution in [1.82, 2.24) is 0 Å². The van der Waals surface area contributed by atoms with Gasteiger partial charge >= 0.3 is 0 Å². The van der Waals surface area contributed by atoms with Crippen LogP contribution in [0.25, 0.3) is 0 Å². The van der Waals surface area contributed by atoms with Crippen LogP contribution in [0.15, 0.2) is 0 Å². The van der Waals surface area contributed by atoms with Crippen molar-refractivity contribution in [2.24, 2.45) is 23.7 Å². The summed E-state index contributed by atoms with van der Waals surface area (Å²) in [5.41, 5.74) is 0. The molecule has 0 spiro atoms. The van der Waals surface area contributed by atoms with Gasteiger partial charge in [-0.3, -0.25) is 0 Å². The highest BCUT2D eigenvalue weighted by atomic mass is 16.5. The van der Waals surface area contributed by atoms with E-state index >= 15 is 0 Å². The summed E-state index contributed by atoms with van der Waals surface area (Å²) in [6.45, 7) is 4.78. The van der Waals surface area contributed by atoms with E-state index in [0.717, 1.165) is 23.7 Å². The molecule has 3 fully saturated rings. The summed E-state index contributed by atoms with van der Waals surface area (Å²) in [6, 6.07) is 0. The van der Waals surface area contributed by atoms with Crippen LogP contribution in [0.2, 0.25) is 0 Å². The molecule has 1 heteroatoms. The van der Waals surface area contributed by atoms with Crippen molar-refractivity contribution >= 4 is 0 Å². The maximum Gasteiger partial charge on any atom is 0.0614 e. The number of rotatable bonds is 1. The van der Waals surface area contributed by atoms with Gasteiger partial charge in [-0.2, -0.15) is 0 Å². The molecule has 3 aliphatic rings. The van der Waals surface area contributed by atoms with Crippen LogP contribution in [0.3, 0.4) is 0 Å². The highest BCUT2D eigenvalue weighted by molar-refractivity contribution is 4.96. The second-order valence-electron chi connectivity index (χ2n) is 6.35. The Kier molecular flexibility index (Phi) is 2.54. The molecule has 0 N–H and O–H groups in total. The minimum Gasteiger partial charge on any atom is -0.374 e. The number of hydrogen-bond donors (Lipinski definition) is 0. The van der Waals surface area contributed by atoms with Gasteiger partial charge < -0.3 is 4.74 Å². The predicted octanol–water partition coefficient (Wildman–Crippen LogP) is 3.63. The Bertz CT molecular complexity index is 227. The van der Waals surface area contributed by atoms with Crippen LogP contribution >= 0.6 is 0 Å².